The number of hydrogen-bond donors (Lipinski definition) is 2. The summed E-state index contributed by atoms with van der Waals surface area (Å²) in [5.74, 6) is -1.05. The van der Waals surface area contributed by atoms with Crippen LogP contribution >= 0.6 is 0 Å². The van der Waals surface area contributed by atoms with Crippen molar-refractivity contribution in [3.63, 3.8) is 0 Å². The number of fused-ring (bicyclic) bond motifs is 2. The highest BCUT2D eigenvalue weighted by molar-refractivity contribution is 6.10. The molecule has 0 unspecified atom stereocenters. The molecule has 31 heavy (non-hydrogen) atoms. The zero-order valence-corrected chi connectivity index (χ0v) is 17.2. The van der Waals surface area contributed by atoms with Crippen molar-refractivity contribution in [1.29, 1.82) is 0 Å². The van der Waals surface area contributed by atoms with E-state index in [0.29, 0.717) is 27.6 Å². The van der Waals surface area contributed by atoms with Crippen LogP contribution < -0.4 is 5.43 Å². The molecule has 0 atom stereocenters. The fourth-order valence-electron chi connectivity index (χ4n) is 3.66. The summed E-state index contributed by atoms with van der Waals surface area (Å²) in [5.41, 5.74) is 1.14. The summed E-state index contributed by atoms with van der Waals surface area (Å²) in [7, 11) is 0. The Morgan fingerprint density at radius 1 is 0.903 bits per heavy atom. The van der Waals surface area contributed by atoms with Crippen molar-refractivity contribution in [2.24, 2.45) is 5.41 Å². The van der Waals surface area contributed by atoms with Crippen LogP contribution in [0, 0.1) is 5.41 Å². The fraction of sp³-hybridized carbons (Fsp3) is 0.160. The minimum absolute atomic E-state index is 0.0125. The molecule has 0 spiro atoms. The number of phenolic OH excluding ortho intramolecular Hbond substituents is 1. The first kappa shape index (κ1) is 20.3. The standard InChI is InChI=1S/C25H20O6/c1-25(2,3)23(28)13-4-7-16(24(29)30)19(10-13)22-17-8-5-14(26)11-20(17)31-21-12-15(27)6-9-18(21)22/h4-12,26H,1-3H3,(H,29,30). The highest BCUT2D eigenvalue weighted by Gasteiger charge is 2.27. The number of ketones is 1. The Bertz CT molecular complexity index is 1390. The van der Waals surface area contributed by atoms with E-state index in [1.165, 1.54) is 36.4 Å². The lowest BCUT2D eigenvalue weighted by molar-refractivity contribution is 0.0697. The average molecular weight is 416 g/mol. The highest BCUT2D eigenvalue weighted by atomic mass is 16.4. The summed E-state index contributed by atoms with van der Waals surface area (Å²) in [6, 6.07) is 13.3. The van der Waals surface area contributed by atoms with Gasteiger partial charge in [-0.3, -0.25) is 9.59 Å². The van der Waals surface area contributed by atoms with Crippen molar-refractivity contribution >= 4 is 22.7 Å². The van der Waals surface area contributed by atoms with E-state index in [1.807, 2.05) is 0 Å². The van der Waals surface area contributed by atoms with Crippen molar-refractivity contribution < 1.29 is 24.2 Å². The van der Waals surface area contributed by atoms with Crippen molar-refractivity contribution in [3.05, 3.63) is 75.9 Å². The minimum atomic E-state index is -1.15. The normalized spacial score (nSPS) is 11.7. The lowest BCUT2D eigenvalue weighted by atomic mass is 9.83. The molecule has 156 valence electrons. The van der Waals surface area contributed by atoms with E-state index in [1.54, 1.807) is 39.0 Å². The second-order valence-corrected chi connectivity index (χ2v) is 8.46. The van der Waals surface area contributed by atoms with Crippen LogP contribution in [0.15, 0.2) is 63.8 Å². The molecule has 0 amide bonds. The third-order valence-electron chi connectivity index (χ3n) is 5.14. The third kappa shape index (κ3) is 3.57. The molecular weight excluding hydrogens is 396 g/mol. The smallest absolute Gasteiger partial charge is 0.336 e. The number of hydrogen-bond acceptors (Lipinski definition) is 5. The largest absolute Gasteiger partial charge is 0.508 e. The van der Waals surface area contributed by atoms with Gasteiger partial charge in [0, 0.05) is 39.6 Å². The molecular formula is C25H20O6. The number of phenols is 1. The summed E-state index contributed by atoms with van der Waals surface area (Å²) in [5, 5.41) is 20.3. The van der Waals surface area contributed by atoms with E-state index in [4.69, 9.17) is 4.42 Å². The summed E-state index contributed by atoms with van der Waals surface area (Å²) in [6.07, 6.45) is 0. The molecule has 0 saturated heterocycles. The molecule has 0 fully saturated rings. The molecule has 2 N–H and O–H groups in total. The van der Waals surface area contributed by atoms with Crippen molar-refractivity contribution in [2.45, 2.75) is 20.8 Å². The quantitative estimate of drug-likeness (QED) is 0.351. The van der Waals surface area contributed by atoms with Gasteiger partial charge in [0.05, 0.1) is 5.56 Å². The van der Waals surface area contributed by atoms with Crippen molar-refractivity contribution in [1.82, 2.24) is 0 Å². The van der Waals surface area contributed by atoms with Gasteiger partial charge in [-0.2, -0.15) is 0 Å². The van der Waals surface area contributed by atoms with Crippen LogP contribution in [0.2, 0.25) is 0 Å². The zero-order chi connectivity index (χ0) is 22.5. The SMILES string of the molecule is CC(C)(C)C(=O)c1ccc(C(=O)O)c(-c2c3ccc(=O)cc-3oc3cc(O)ccc23)c1. The second-order valence-electron chi connectivity index (χ2n) is 8.46. The maximum Gasteiger partial charge on any atom is 0.336 e. The monoisotopic (exact) mass is 416 g/mol. The number of carbonyl (C=O) groups is 2. The molecule has 6 nitrogen and oxygen atoms in total. The number of carboxylic acid groups (broad SMARTS) is 1. The van der Waals surface area contributed by atoms with E-state index >= 15 is 0 Å². The molecule has 1 aliphatic heterocycles. The molecule has 0 bridgehead atoms. The summed E-state index contributed by atoms with van der Waals surface area (Å²) < 4.78 is 5.83. The average Bonchev–Trinajstić information content (AvgIpc) is 2.70. The maximum absolute atomic E-state index is 12.9. The number of aromatic carboxylic acids is 1. The molecule has 1 heterocycles. The molecule has 0 aromatic heterocycles. The summed E-state index contributed by atoms with van der Waals surface area (Å²) in [4.78, 5) is 36.9. The second kappa shape index (κ2) is 7.09. The lowest BCUT2D eigenvalue weighted by Gasteiger charge is -2.20. The lowest BCUT2D eigenvalue weighted by Crippen LogP contribution is -2.20. The van der Waals surface area contributed by atoms with Gasteiger partial charge in [0.15, 0.2) is 11.2 Å². The van der Waals surface area contributed by atoms with E-state index in [2.05, 4.69) is 0 Å². The number of aromatic hydroxyl groups is 1. The number of rotatable bonds is 3. The predicted molar refractivity (Wildman–Crippen MR) is 117 cm³/mol. The third-order valence-corrected chi connectivity index (χ3v) is 5.14. The Labute approximate surface area is 177 Å². The summed E-state index contributed by atoms with van der Waals surface area (Å²) in [6.45, 7) is 5.39. The summed E-state index contributed by atoms with van der Waals surface area (Å²) >= 11 is 0. The maximum atomic E-state index is 12.9. The molecule has 2 aromatic carbocycles. The van der Waals surface area contributed by atoms with Gasteiger partial charge in [0.25, 0.3) is 0 Å². The molecule has 6 heteroatoms. The van der Waals surface area contributed by atoms with Crippen LogP contribution in [0.4, 0.5) is 0 Å². The van der Waals surface area contributed by atoms with Crippen LogP contribution in [0.25, 0.3) is 33.4 Å². The van der Waals surface area contributed by atoms with Gasteiger partial charge in [-0.25, -0.2) is 4.79 Å². The Hall–Kier alpha value is -3.93. The van der Waals surface area contributed by atoms with Gasteiger partial charge in [-0.05, 0) is 42.0 Å². The van der Waals surface area contributed by atoms with Gasteiger partial charge in [-0.15, -0.1) is 0 Å². The topological polar surface area (TPSA) is 105 Å². The molecule has 4 rings (SSSR count). The van der Waals surface area contributed by atoms with Crippen molar-refractivity contribution in [2.75, 3.05) is 0 Å². The van der Waals surface area contributed by atoms with Crippen LogP contribution in [-0.2, 0) is 0 Å². The van der Waals surface area contributed by atoms with Gasteiger partial charge in [-0.1, -0.05) is 26.8 Å². The van der Waals surface area contributed by atoms with Gasteiger partial charge in [0.1, 0.15) is 17.1 Å². The van der Waals surface area contributed by atoms with Crippen molar-refractivity contribution in [3.8, 4) is 28.2 Å². The number of benzene rings is 3. The van der Waals surface area contributed by atoms with Gasteiger partial charge < -0.3 is 14.6 Å². The fourth-order valence-corrected chi connectivity index (χ4v) is 3.66. The van der Waals surface area contributed by atoms with E-state index < -0.39 is 11.4 Å². The minimum Gasteiger partial charge on any atom is -0.508 e. The molecule has 2 aromatic rings. The Kier molecular flexibility index (Phi) is 4.65. The number of carbonyl (C=O) groups excluding carboxylic acids is 1. The van der Waals surface area contributed by atoms with E-state index in [-0.39, 0.29) is 33.9 Å². The molecule has 0 saturated carbocycles. The van der Waals surface area contributed by atoms with E-state index in [9.17, 15) is 24.6 Å². The van der Waals surface area contributed by atoms with Crippen LogP contribution in [0.1, 0.15) is 41.5 Å². The number of Topliss-reactive ketones (excluding diaryl/α,β-unsaturated/α-hetero) is 1. The van der Waals surface area contributed by atoms with Crippen LogP contribution in [0.5, 0.6) is 5.75 Å². The molecule has 1 aliphatic carbocycles. The van der Waals surface area contributed by atoms with Gasteiger partial charge in [0.2, 0.25) is 0 Å². The number of carboxylic acids is 1. The Balaban J connectivity index is 2.16. The van der Waals surface area contributed by atoms with Crippen LogP contribution in [0.3, 0.4) is 0 Å². The first-order valence-corrected chi connectivity index (χ1v) is 9.68. The Morgan fingerprint density at radius 3 is 2.32 bits per heavy atom. The zero-order valence-electron chi connectivity index (χ0n) is 17.2. The first-order valence-electron chi connectivity index (χ1n) is 9.68. The molecule has 2 aliphatic rings. The van der Waals surface area contributed by atoms with Crippen LogP contribution in [-0.4, -0.2) is 22.0 Å². The predicted octanol–water partition coefficient (Wildman–Crippen LogP) is 5.20. The van der Waals surface area contributed by atoms with E-state index in [0.717, 1.165) is 0 Å². The van der Waals surface area contributed by atoms with Gasteiger partial charge >= 0.3 is 5.97 Å². The highest BCUT2D eigenvalue weighted by Crippen LogP contribution is 2.42. The molecule has 0 radical (unpaired) electrons. The first-order chi connectivity index (χ1) is 14.6. The Morgan fingerprint density at radius 2 is 1.65 bits per heavy atom.